The number of hydrogen-bond donors (Lipinski definition) is 1. The molecule has 0 heterocycles. The molecule has 86 valence electrons. The molecular weight excluding hydrogens is 184 g/mol. The Hall–Kier alpha value is -0.720. The molecule has 0 radical (unpaired) electrons. The van der Waals surface area contributed by atoms with Gasteiger partial charge < -0.3 is 5.11 Å². The van der Waals surface area contributed by atoms with Crippen LogP contribution in [0.3, 0.4) is 0 Å². The van der Waals surface area contributed by atoms with Crippen molar-refractivity contribution in [3.05, 3.63) is 24.0 Å². The normalized spacial score (nSPS) is 18.9. The molecule has 0 aliphatic heterocycles. The van der Waals surface area contributed by atoms with Crippen LogP contribution in [0.4, 0.5) is 0 Å². The van der Waals surface area contributed by atoms with Crippen molar-refractivity contribution in [2.75, 3.05) is 0 Å². The molecule has 0 aromatic heterocycles. The SMILES string of the molecule is CCCCC1(CCCC)C=CC(O)=CC1. The highest BCUT2D eigenvalue weighted by Gasteiger charge is 2.26. The van der Waals surface area contributed by atoms with E-state index in [1.54, 1.807) is 0 Å². The van der Waals surface area contributed by atoms with E-state index in [-0.39, 0.29) is 0 Å². The van der Waals surface area contributed by atoms with E-state index in [1.807, 2.05) is 12.2 Å². The molecule has 1 aliphatic carbocycles. The predicted molar refractivity (Wildman–Crippen MR) is 66.0 cm³/mol. The molecule has 1 heteroatoms. The first-order valence-corrected chi connectivity index (χ1v) is 6.31. The fraction of sp³-hybridized carbons (Fsp3) is 0.714. The molecule has 1 N–H and O–H groups in total. The van der Waals surface area contributed by atoms with Gasteiger partial charge in [-0.3, -0.25) is 0 Å². The molecule has 0 amide bonds. The highest BCUT2D eigenvalue weighted by atomic mass is 16.3. The quantitative estimate of drug-likeness (QED) is 0.667. The van der Waals surface area contributed by atoms with E-state index in [0.29, 0.717) is 11.2 Å². The third-order valence-corrected chi connectivity index (χ3v) is 3.38. The van der Waals surface area contributed by atoms with Gasteiger partial charge in [0.2, 0.25) is 0 Å². The molecule has 0 aromatic carbocycles. The molecule has 15 heavy (non-hydrogen) atoms. The van der Waals surface area contributed by atoms with Crippen LogP contribution in [0, 0.1) is 5.41 Å². The average Bonchev–Trinajstić information content (AvgIpc) is 2.27. The Morgan fingerprint density at radius 3 is 2.20 bits per heavy atom. The third kappa shape index (κ3) is 3.73. The Bertz CT molecular complexity index is 230. The summed E-state index contributed by atoms with van der Waals surface area (Å²) in [6.45, 7) is 4.49. The van der Waals surface area contributed by atoms with Gasteiger partial charge in [0, 0.05) is 0 Å². The number of rotatable bonds is 6. The minimum absolute atomic E-state index is 0.345. The maximum absolute atomic E-state index is 9.37. The molecule has 0 bridgehead atoms. The maximum atomic E-state index is 9.37. The molecule has 0 aromatic rings. The van der Waals surface area contributed by atoms with Crippen LogP contribution in [0.15, 0.2) is 24.0 Å². The summed E-state index contributed by atoms with van der Waals surface area (Å²) in [6, 6.07) is 0. The number of hydrogen-bond acceptors (Lipinski definition) is 1. The molecule has 0 spiro atoms. The van der Waals surface area contributed by atoms with Gasteiger partial charge in [0.25, 0.3) is 0 Å². The van der Waals surface area contributed by atoms with Crippen molar-refractivity contribution in [1.82, 2.24) is 0 Å². The molecule has 0 saturated carbocycles. The lowest BCUT2D eigenvalue weighted by atomic mass is 9.73. The van der Waals surface area contributed by atoms with Gasteiger partial charge in [-0.05, 0) is 36.8 Å². The lowest BCUT2D eigenvalue weighted by Crippen LogP contribution is -2.19. The zero-order valence-corrected chi connectivity index (χ0v) is 10.1. The largest absolute Gasteiger partial charge is 0.508 e. The number of unbranched alkanes of at least 4 members (excludes halogenated alkanes) is 2. The molecule has 0 atom stereocenters. The van der Waals surface area contributed by atoms with Crippen molar-refractivity contribution in [2.24, 2.45) is 5.41 Å². The molecular formula is C14H24O. The Labute approximate surface area is 93.9 Å². The van der Waals surface area contributed by atoms with Crippen LogP contribution >= 0.6 is 0 Å². The average molecular weight is 208 g/mol. The first kappa shape index (κ1) is 12.4. The van der Waals surface area contributed by atoms with Crippen molar-refractivity contribution < 1.29 is 5.11 Å². The standard InChI is InChI=1S/C14H24O/c1-3-5-9-14(10-6-4-2)11-7-13(15)8-12-14/h7-8,11,15H,3-6,9-10,12H2,1-2H3. The Morgan fingerprint density at radius 1 is 1.20 bits per heavy atom. The van der Waals surface area contributed by atoms with Crippen molar-refractivity contribution in [1.29, 1.82) is 0 Å². The third-order valence-electron chi connectivity index (χ3n) is 3.38. The van der Waals surface area contributed by atoms with Gasteiger partial charge in [0.15, 0.2) is 0 Å². The van der Waals surface area contributed by atoms with E-state index in [0.717, 1.165) is 6.42 Å². The van der Waals surface area contributed by atoms with Gasteiger partial charge >= 0.3 is 0 Å². The van der Waals surface area contributed by atoms with E-state index in [9.17, 15) is 5.11 Å². The second-order valence-electron chi connectivity index (χ2n) is 4.74. The maximum Gasteiger partial charge on any atom is 0.111 e. The Morgan fingerprint density at radius 2 is 1.80 bits per heavy atom. The summed E-state index contributed by atoms with van der Waals surface area (Å²) < 4.78 is 0. The number of aliphatic hydroxyl groups excluding tert-OH is 1. The van der Waals surface area contributed by atoms with Crippen LogP contribution < -0.4 is 0 Å². The summed E-state index contributed by atoms with van der Waals surface area (Å²) in [7, 11) is 0. The van der Waals surface area contributed by atoms with Crippen LogP contribution in [0.1, 0.15) is 58.8 Å². The van der Waals surface area contributed by atoms with Gasteiger partial charge in [-0.25, -0.2) is 0 Å². The summed E-state index contributed by atoms with van der Waals surface area (Å²) in [4.78, 5) is 0. The molecule has 0 fully saturated rings. The smallest absolute Gasteiger partial charge is 0.111 e. The van der Waals surface area contributed by atoms with Crippen LogP contribution in [-0.4, -0.2) is 5.11 Å². The van der Waals surface area contributed by atoms with E-state index in [1.165, 1.54) is 38.5 Å². The van der Waals surface area contributed by atoms with E-state index >= 15 is 0 Å². The number of allylic oxidation sites excluding steroid dienone is 3. The van der Waals surface area contributed by atoms with E-state index in [4.69, 9.17) is 0 Å². The zero-order valence-electron chi connectivity index (χ0n) is 10.1. The molecule has 0 saturated heterocycles. The van der Waals surface area contributed by atoms with Gasteiger partial charge in [-0.1, -0.05) is 45.6 Å². The number of aliphatic hydroxyl groups is 1. The predicted octanol–water partition coefficient (Wildman–Crippen LogP) is 4.76. The van der Waals surface area contributed by atoms with Gasteiger partial charge in [0.05, 0.1) is 0 Å². The molecule has 1 aliphatic rings. The second kappa shape index (κ2) is 5.99. The molecule has 1 rings (SSSR count). The van der Waals surface area contributed by atoms with Crippen molar-refractivity contribution >= 4 is 0 Å². The highest BCUT2D eigenvalue weighted by Crippen LogP contribution is 2.39. The van der Waals surface area contributed by atoms with Crippen molar-refractivity contribution in [3.63, 3.8) is 0 Å². The van der Waals surface area contributed by atoms with Crippen LogP contribution in [0.25, 0.3) is 0 Å². The van der Waals surface area contributed by atoms with Gasteiger partial charge in [-0.15, -0.1) is 0 Å². The van der Waals surface area contributed by atoms with Gasteiger partial charge in [-0.2, -0.15) is 0 Å². The topological polar surface area (TPSA) is 20.2 Å². The minimum atomic E-state index is 0.345. The first-order valence-electron chi connectivity index (χ1n) is 6.31. The first-order chi connectivity index (χ1) is 7.22. The van der Waals surface area contributed by atoms with E-state index < -0.39 is 0 Å². The Balaban J connectivity index is 2.57. The lowest BCUT2D eigenvalue weighted by molar-refractivity contribution is 0.293. The summed E-state index contributed by atoms with van der Waals surface area (Å²) in [5.41, 5.74) is 0.345. The summed E-state index contributed by atoms with van der Waals surface area (Å²) in [6.07, 6.45) is 14.8. The van der Waals surface area contributed by atoms with Crippen molar-refractivity contribution in [2.45, 2.75) is 58.8 Å². The van der Waals surface area contributed by atoms with Crippen LogP contribution in [0.2, 0.25) is 0 Å². The monoisotopic (exact) mass is 208 g/mol. The minimum Gasteiger partial charge on any atom is -0.508 e. The summed E-state index contributed by atoms with van der Waals surface area (Å²) >= 11 is 0. The molecule has 1 nitrogen and oxygen atoms in total. The van der Waals surface area contributed by atoms with Crippen molar-refractivity contribution in [3.8, 4) is 0 Å². The molecule has 0 unspecified atom stereocenters. The Kier molecular flexibility index (Phi) is 4.93. The lowest BCUT2D eigenvalue weighted by Gasteiger charge is -2.32. The van der Waals surface area contributed by atoms with E-state index in [2.05, 4.69) is 19.9 Å². The van der Waals surface area contributed by atoms with Crippen LogP contribution in [0.5, 0.6) is 0 Å². The summed E-state index contributed by atoms with van der Waals surface area (Å²) in [5.74, 6) is 0.443. The highest BCUT2D eigenvalue weighted by molar-refractivity contribution is 5.21. The van der Waals surface area contributed by atoms with Gasteiger partial charge in [0.1, 0.15) is 5.76 Å². The van der Waals surface area contributed by atoms with Crippen LogP contribution in [-0.2, 0) is 0 Å². The fourth-order valence-electron chi connectivity index (χ4n) is 2.26. The zero-order chi connectivity index (χ0) is 11.1. The fourth-order valence-corrected chi connectivity index (χ4v) is 2.26. The second-order valence-corrected chi connectivity index (χ2v) is 4.74. The summed E-state index contributed by atoms with van der Waals surface area (Å²) in [5, 5.41) is 9.37.